The Morgan fingerprint density at radius 1 is 1.03 bits per heavy atom. The van der Waals surface area contributed by atoms with E-state index in [4.69, 9.17) is 4.42 Å². The van der Waals surface area contributed by atoms with Crippen LogP contribution in [-0.4, -0.2) is 19.3 Å². The number of aromatic nitrogens is 1. The number of sulfonamides is 1. The molecule has 1 amide bonds. The summed E-state index contributed by atoms with van der Waals surface area (Å²) in [5, 5.41) is 0.870. The summed E-state index contributed by atoms with van der Waals surface area (Å²) in [4.78, 5) is 28.8. The Bertz CT molecular complexity index is 1740. The number of rotatable bonds is 4. The Morgan fingerprint density at radius 3 is 2.44 bits per heavy atom. The van der Waals surface area contributed by atoms with Gasteiger partial charge in [0, 0.05) is 28.7 Å². The van der Waals surface area contributed by atoms with Crippen molar-refractivity contribution in [1.29, 1.82) is 0 Å². The molecule has 3 aromatic carbocycles. The topological polar surface area (TPSA) is 97.5 Å². The summed E-state index contributed by atoms with van der Waals surface area (Å²) in [6, 6.07) is 14.2. The number of pyridine rings is 1. The lowest BCUT2D eigenvalue weighted by Crippen LogP contribution is -2.37. The highest BCUT2D eigenvalue weighted by molar-refractivity contribution is 7.93. The Labute approximate surface area is 196 Å². The predicted octanol–water partition coefficient (Wildman–Crippen LogP) is 4.89. The van der Waals surface area contributed by atoms with Crippen LogP contribution in [0, 0.1) is 12.7 Å². The summed E-state index contributed by atoms with van der Waals surface area (Å²) in [5.41, 5.74) is 0.584. The average molecular weight is 495 g/mol. The first-order valence-corrected chi connectivity index (χ1v) is 12.2. The van der Waals surface area contributed by atoms with E-state index in [-0.39, 0.29) is 21.7 Å². The van der Waals surface area contributed by atoms with Gasteiger partial charge in [-0.3, -0.25) is 9.78 Å². The number of nitrogens with zero attached hydrogens (tertiary/aromatic N) is 2. The minimum atomic E-state index is -4.51. The second-order valence-corrected chi connectivity index (χ2v) is 10.2. The summed E-state index contributed by atoms with van der Waals surface area (Å²) >= 11 is 0.803. The van der Waals surface area contributed by atoms with Gasteiger partial charge in [0.2, 0.25) is 0 Å². The molecule has 0 bridgehead atoms. The van der Waals surface area contributed by atoms with Gasteiger partial charge in [-0.25, -0.2) is 17.6 Å². The summed E-state index contributed by atoms with van der Waals surface area (Å²) in [7, 11) is -4.51. The molecule has 0 saturated heterocycles. The van der Waals surface area contributed by atoms with Crippen molar-refractivity contribution in [3.05, 3.63) is 99.7 Å². The zero-order valence-corrected chi connectivity index (χ0v) is 19.2. The molecule has 7 nitrogen and oxygen atoms in total. The van der Waals surface area contributed by atoms with E-state index in [1.165, 1.54) is 37.5 Å². The van der Waals surface area contributed by atoms with Gasteiger partial charge in [0.05, 0.1) is 15.3 Å². The Morgan fingerprint density at radius 2 is 1.74 bits per heavy atom. The minimum Gasteiger partial charge on any atom is -0.413 e. The lowest BCUT2D eigenvalue weighted by Gasteiger charge is -2.25. The first kappa shape index (κ1) is 21.9. The molecule has 5 aromatic rings. The van der Waals surface area contributed by atoms with Gasteiger partial charge in [0.15, 0.2) is 5.58 Å². The van der Waals surface area contributed by atoms with E-state index in [1.54, 1.807) is 24.3 Å². The highest BCUT2D eigenvalue weighted by atomic mass is 32.2. The Hall–Kier alpha value is -3.89. The maximum Gasteiger partial charge on any atom is 0.396 e. The van der Waals surface area contributed by atoms with Crippen LogP contribution in [0.3, 0.4) is 0 Å². The third-order valence-electron chi connectivity index (χ3n) is 5.30. The van der Waals surface area contributed by atoms with E-state index in [0.29, 0.717) is 25.4 Å². The van der Waals surface area contributed by atoms with Gasteiger partial charge < -0.3 is 4.42 Å². The molecule has 0 aliphatic rings. The van der Waals surface area contributed by atoms with Crippen LogP contribution in [0.25, 0.3) is 21.1 Å². The summed E-state index contributed by atoms with van der Waals surface area (Å²) < 4.78 is 48.0. The molecule has 0 N–H and O–H groups in total. The van der Waals surface area contributed by atoms with Crippen LogP contribution in [0.15, 0.2) is 87.2 Å². The number of hydrogen-bond donors (Lipinski definition) is 0. The molecule has 0 fully saturated rings. The van der Waals surface area contributed by atoms with Crippen LogP contribution >= 0.6 is 11.3 Å². The largest absolute Gasteiger partial charge is 0.413 e. The lowest BCUT2D eigenvalue weighted by molar-refractivity contribution is 0.101. The fraction of sp³-hybridized carbons (Fsp3) is 0.0417. The molecule has 0 saturated carbocycles. The highest BCUT2D eigenvalue weighted by Crippen LogP contribution is 2.38. The molecule has 0 unspecified atom stereocenters. The zero-order chi connectivity index (χ0) is 24.0. The number of carbonyl (C=O) groups is 1. The number of hydrogen-bond acceptors (Lipinski definition) is 7. The average Bonchev–Trinajstić information content (AvgIpc) is 3.19. The van der Waals surface area contributed by atoms with Gasteiger partial charge in [-0.15, -0.1) is 0 Å². The van der Waals surface area contributed by atoms with Gasteiger partial charge >= 0.3 is 4.94 Å². The van der Waals surface area contributed by atoms with E-state index < -0.39 is 26.7 Å². The van der Waals surface area contributed by atoms with E-state index in [0.717, 1.165) is 29.5 Å². The molecule has 170 valence electrons. The number of aryl methyl sites for hydroxylation is 1. The fourth-order valence-corrected chi connectivity index (χ4v) is 6.16. The second-order valence-electron chi connectivity index (χ2n) is 7.44. The van der Waals surface area contributed by atoms with Crippen LogP contribution in [0.1, 0.15) is 15.9 Å². The molecule has 0 atom stereocenters. The maximum absolute atomic E-state index is 13.9. The van der Waals surface area contributed by atoms with E-state index in [2.05, 4.69) is 4.98 Å². The second kappa shape index (κ2) is 8.15. The number of carbonyl (C=O) groups excluding carboxylic acids is 1. The van der Waals surface area contributed by atoms with Crippen LogP contribution in [0.4, 0.5) is 10.1 Å². The number of fused-ring (bicyclic) bond motifs is 3. The third kappa shape index (κ3) is 3.57. The predicted molar refractivity (Wildman–Crippen MR) is 127 cm³/mol. The number of benzene rings is 3. The Kier molecular flexibility index (Phi) is 5.26. The smallest absolute Gasteiger partial charge is 0.396 e. The molecule has 0 spiro atoms. The summed E-state index contributed by atoms with van der Waals surface area (Å²) in [6.45, 7) is 1.45. The molecule has 2 heterocycles. The van der Waals surface area contributed by atoms with Gasteiger partial charge in [0.1, 0.15) is 5.82 Å². The van der Waals surface area contributed by atoms with E-state index in [9.17, 15) is 22.4 Å². The van der Waals surface area contributed by atoms with Gasteiger partial charge in [-0.1, -0.05) is 35.6 Å². The van der Waals surface area contributed by atoms with Crippen molar-refractivity contribution in [2.24, 2.45) is 0 Å². The van der Waals surface area contributed by atoms with Crippen molar-refractivity contribution >= 4 is 54.0 Å². The molecular formula is C24H15FN2O5S2. The fourth-order valence-electron chi connectivity index (χ4n) is 3.81. The third-order valence-corrected chi connectivity index (χ3v) is 7.93. The van der Waals surface area contributed by atoms with Crippen molar-refractivity contribution in [1.82, 2.24) is 4.98 Å². The van der Waals surface area contributed by atoms with E-state index >= 15 is 0 Å². The molecule has 34 heavy (non-hydrogen) atoms. The SMILES string of the molecule is Cc1cc(F)ccc1S(=O)(=O)N(C(=O)c1ccncc1)c1cc2sc(=O)oc2c2ccccc12. The maximum atomic E-state index is 13.9. The summed E-state index contributed by atoms with van der Waals surface area (Å²) in [5.74, 6) is -1.43. The standard InChI is InChI=1S/C24H15FN2O5S2/c1-14-12-16(25)6-7-21(14)34(30,31)27(23(28)15-8-10-26-11-9-15)19-13-20-22(32-24(29)33-20)18-5-3-2-4-17(18)19/h2-13H,1H3. The molecular weight excluding hydrogens is 479 g/mol. The minimum absolute atomic E-state index is 0.0469. The quantitative estimate of drug-likeness (QED) is 0.353. The van der Waals surface area contributed by atoms with Gasteiger partial charge in [0.25, 0.3) is 15.9 Å². The molecule has 10 heteroatoms. The summed E-state index contributed by atoms with van der Waals surface area (Å²) in [6.07, 6.45) is 2.76. The van der Waals surface area contributed by atoms with Crippen molar-refractivity contribution < 1.29 is 22.0 Å². The monoisotopic (exact) mass is 494 g/mol. The number of halogens is 1. The van der Waals surface area contributed by atoms with Crippen LogP contribution < -0.4 is 9.24 Å². The van der Waals surface area contributed by atoms with Crippen LogP contribution in [-0.2, 0) is 10.0 Å². The number of anilines is 1. The molecule has 0 radical (unpaired) electrons. The first-order valence-electron chi connectivity index (χ1n) is 9.98. The number of amides is 1. The van der Waals surface area contributed by atoms with Crippen LogP contribution in [0.2, 0.25) is 0 Å². The molecule has 0 aliphatic heterocycles. The first-order chi connectivity index (χ1) is 16.3. The van der Waals surface area contributed by atoms with E-state index in [1.807, 2.05) is 0 Å². The van der Waals surface area contributed by atoms with Gasteiger partial charge in [-0.2, -0.15) is 4.31 Å². The zero-order valence-electron chi connectivity index (χ0n) is 17.6. The molecule has 5 rings (SSSR count). The van der Waals surface area contributed by atoms with Gasteiger partial charge in [-0.05, 0) is 48.9 Å². The van der Waals surface area contributed by atoms with Crippen molar-refractivity contribution in [2.75, 3.05) is 4.31 Å². The van der Waals surface area contributed by atoms with Crippen LogP contribution in [0.5, 0.6) is 0 Å². The van der Waals surface area contributed by atoms with Crippen molar-refractivity contribution in [3.63, 3.8) is 0 Å². The highest BCUT2D eigenvalue weighted by Gasteiger charge is 2.35. The normalized spacial score (nSPS) is 11.7. The lowest BCUT2D eigenvalue weighted by atomic mass is 10.1. The molecule has 2 aromatic heterocycles. The Balaban J connectivity index is 1.86. The van der Waals surface area contributed by atoms with Crippen molar-refractivity contribution in [2.45, 2.75) is 11.8 Å². The molecule has 0 aliphatic carbocycles. The van der Waals surface area contributed by atoms with Crippen molar-refractivity contribution in [3.8, 4) is 0 Å².